The largest absolute Gasteiger partial charge is 0.481 e. The lowest BCUT2D eigenvalue weighted by Crippen LogP contribution is -2.30. The molecule has 0 spiro atoms. The highest BCUT2D eigenvalue weighted by molar-refractivity contribution is 9.10. The summed E-state index contributed by atoms with van der Waals surface area (Å²) >= 11 is 3.48. The Morgan fingerprint density at radius 3 is 2.50 bits per heavy atom. The van der Waals surface area contributed by atoms with Crippen LogP contribution in [0, 0.1) is 6.92 Å². The highest BCUT2D eigenvalue weighted by Gasteiger charge is 2.16. The molecule has 1 unspecified atom stereocenters. The molecule has 0 heterocycles. The minimum atomic E-state index is -0.569. The van der Waals surface area contributed by atoms with Crippen molar-refractivity contribution in [2.24, 2.45) is 0 Å². The van der Waals surface area contributed by atoms with Crippen LogP contribution in [0.3, 0.4) is 0 Å². The fourth-order valence-electron chi connectivity index (χ4n) is 1.99. The third-order valence-corrected chi connectivity index (χ3v) is 4.06. The van der Waals surface area contributed by atoms with Gasteiger partial charge in [0.05, 0.1) is 5.69 Å². The number of hydrogen-bond acceptors (Lipinski definition) is 2. The van der Waals surface area contributed by atoms with Crippen LogP contribution in [0.1, 0.15) is 25.0 Å². The van der Waals surface area contributed by atoms with Crippen LogP contribution in [-0.2, 0) is 11.2 Å². The van der Waals surface area contributed by atoms with Crippen LogP contribution in [-0.4, -0.2) is 12.0 Å². The first-order valence-corrected chi connectivity index (χ1v) is 8.11. The lowest BCUT2D eigenvalue weighted by molar-refractivity contribution is -0.122. The summed E-state index contributed by atoms with van der Waals surface area (Å²) < 4.78 is 6.54. The zero-order valence-electron chi connectivity index (χ0n) is 13.0. The lowest BCUT2D eigenvalue weighted by atomic mass is 10.1. The number of aryl methyl sites for hydroxylation is 2. The number of rotatable bonds is 5. The van der Waals surface area contributed by atoms with Gasteiger partial charge < -0.3 is 10.1 Å². The number of anilines is 1. The summed E-state index contributed by atoms with van der Waals surface area (Å²) in [6.45, 7) is 5.85. The molecule has 0 aliphatic heterocycles. The zero-order chi connectivity index (χ0) is 16.1. The maximum Gasteiger partial charge on any atom is 0.265 e. The highest BCUT2D eigenvalue weighted by Crippen LogP contribution is 2.24. The molecular formula is C18H20BrNO2. The quantitative estimate of drug-likeness (QED) is 0.835. The average molecular weight is 362 g/mol. The molecule has 4 heteroatoms. The van der Waals surface area contributed by atoms with E-state index < -0.39 is 6.10 Å². The van der Waals surface area contributed by atoms with Gasteiger partial charge in [0.1, 0.15) is 5.75 Å². The van der Waals surface area contributed by atoms with Gasteiger partial charge in [-0.3, -0.25) is 4.79 Å². The van der Waals surface area contributed by atoms with Crippen LogP contribution in [0.5, 0.6) is 5.75 Å². The number of amides is 1. The Kier molecular flexibility index (Phi) is 5.61. The van der Waals surface area contributed by atoms with Crippen LogP contribution in [0.2, 0.25) is 0 Å². The van der Waals surface area contributed by atoms with Crippen LogP contribution in [0.25, 0.3) is 0 Å². The smallest absolute Gasteiger partial charge is 0.265 e. The SMILES string of the molecule is CCc1ccc(NC(=O)C(C)Oc2ccc(C)cc2)c(Br)c1. The molecule has 0 radical (unpaired) electrons. The molecule has 0 fully saturated rings. The first kappa shape index (κ1) is 16.6. The Bertz CT molecular complexity index is 653. The van der Waals surface area contributed by atoms with E-state index >= 15 is 0 Å². The Morgan fingerprint density at radius 2 is 1.91 bits per heavy atom. The van der Waals surface area contributed by atoms with E-state index in [1.54, 1.807) is 6.92 Å². The summed E-state index contributed by atoms with van der Waals surface area (Å²) in [7, 11) is 0. The Labute approximate surface area is 139 Å². The lowest BCUT2D eigenvalue weighted by Gasteiger charge is -2.16. The van der Waals surface area contributed by atoms with Crippen molar-refractivity contribution in [3.05, 3.63) is 58.1 Å². The van der Waals surface area contributed by atoms with Crippen molar-refractivity contribution in [2.75, 3.05) is 5.32 Å². The van der Waals surface area contributed by atoms with E-state index in [0.29, 0.717) is 5.75 Å². The second-order valence-corrected chi connectivity index (χ2v) is 6.08. The molecule has 116 valence electrons. The van der Waals surface area contributed by atoms with Gasteiger partial charge in [-0.25, -0.2) is 0 Å². The van der Waals surface area contributed by atoms with Gasteiger partial charge in [-0.15, -0.1) is 0 Å². The van der Waals surface area contributed by atoms with Crippen molar-refractivity contribution in [3.8, 4) is 5.75 Å². The number of carbonyl (C=O) groups is 1. The van der Waals surface area contributed by atoms with Crippen molar-refractivity contribution in [1.82, 2.24) is 0 Å². The van der Waals surface area contributed by atoms with Crippen molar-refractivity contribution < 1.29 is 9.53 Å². The number of ether oxygens (including phenoxy) is 1. The van der Waals surface area contributed by atoms with Gasteiger partial charge >= 0.3 is 0 Å². The predicted molar refractivity (Wildman–Crippen MR) is 93.4 cm³/mol. The molecule has 3 nitrogen and oxygen atoms in total. The molecule has 1 N–H and O–H groups in total. The second kappa shape index (κ2) is 7.45. The molecule has 0 bridgehead atoms. The molecule has 0 aliphatic rings. The Morgan fingerprint density at radius 1 is 1.23 bits per heavy atom. The van der Waals surface area contributed by atoms with Gasteiger partial charge in [0, 0.05) is 4.47 Å². The molecule has 22 heavy (non-hydrogen) atoms. The topological polar surface area (TPSA) is 38.3 Å². The van der Waals surface area contributed by atoms with Crippen LogP contribution in [0.4, 0.5) is 5.69 Å². The summed E-state index contributed by atoms with van der Waals surface area (Å²) in [5.74, 6) is 0.513. The van der Waals surface area contributed by atoms with Gasteiger partial charge in [0.2, 0.25) is 0 Å². The number of halogens is 1. The van der Waals surface area contributed by atoms with E-state index in [1.165, 1.54) is 5.56 Å². The van der Waals surface area contributed by atoms with E-state index in [4.69, 9.17) is 4.74 Å². The standard InChI is InChI=1S/C18H20BrNO2/c1-4-14-7-10-17(16(19)11-14)20-18(21)13(3)22-15-8-5-12(2)6-9-15/h5-11,13H,4H2,1-3H3,(H,20,21). The molecule has 1 atom stereocenters. The molecule has 0 aliphatic carbocycles. The first-order chi connectivity index (χ1) is 10.5. The molecule has 0 aromatic heterocycles. The van der Waals surface area contributed by atoms with Crippen LogP contribution in [0.15, 0.2) is 46.9 Å². The molecule has 2 rings (SSSR count). The van der Waals surface area contributed by atoms with Gasteiger partial charge in [-0.1, -0.05) is 30.7 Å². The fraction of sp³-hybridized carbons (Fsp3) is 0.278. The predicted octanol–water partition coefficient (Wildman–Crippen LogP) is 4.73. The first-order valence-electron chi connectivity index (χ1n) is 7.32. The Hall–Kier alpha value is -1.81. The number of hydrogen-bond donors (Lipinski definition) is 1. The van der Waals surface area contributed by atoms with Gasteiger partial charge in [-0.05, 0) is 66.0 Å². The minimum absolute atomic E-state index is 0.175. The number of carbonyl (C=O) groups excluding carboxylic acids is 1. The zero-order valence-corrected chi connectivity index (χ0v) is 14.6. The second-order valence-electron chi connectivity index (χ2n) is 5.23. The Balaban J connectivity index is 2.00. The third kappa shape index (κ3) is 4.34. The molecule has 2 aromatic carbocycles. The van der Waals surface area contributed by atoms with Gasteiger partial charge in [0.15, 0.2) is 6.10 Å². The maximum absolute atomic E-state index is 12.2. The summed E-state index contributed by atoms with van der Waals surface area (Å²) in [6.07, 6.45) is 0.389. The fourth-order valence-corrected chi connectivity index (χ4v) is 2.51. The number of benzene rings is 2. The van der Waals surface area contributed by atoms with Crippen molar-refractivity contribution in [3.63, 3.8) is 0 Å². The monoisotopic (exact) mass is 361 g/mol. The van der Waals surface area contributed by atoms with E-state index in [1.807, 2.05) is 49.4 Å². The van der Waals surface area contributed by atoms with Crippen LogP contribution < -0.4 is 10.1 Å². The summed E-state index contributed by atoms with van der Waals surface area (Å²) in [5.41, 5.74) is 3.12. The summed E-state index contributed by atoms with van der Waals surface area (Å²) in [6, 6.07) is 13.6. The van der Waals surface area contributed by atoms with E-state index in [-0.39, 0.29) is 5.91 Å². The van der Waals surface area contributed by atoms with E-state index in [2.05, 4.69) is 28.2 Å². The summed E-state index contributed by atoms with van der Waals surface area (Å²) in [4.78, 5) is 12.2. The van der Waals surface area contributed by atoms with Crippen molar-refractivity contribution in [2.45, 2.75) is 33.3 Å². The molecule has 2 aromatic rings. The highest BCUT2D eigenvalue weighted by atomic mass is 79.9. The average Bonchev–Trinajstić information content (AvgIpc) is 2.51. The van der Waals surface area contributed by atoms with Crippen molar-refractivity contribution in [1.29, 1.82) is 0 Å². The van der Waals surface area contributed by atoms with E-state index in [0.717, 1.165) is 22.1 Å². The van der Waals surface area contributed by atoms with Gasteiger partial charge in [-0.2, -0.15) is 0 Å². The third-order valence-electron chi connectivity index (χ3n) is 3.40. The van der Waals surface area contributed by atoms with Crippen LogP contribution >= 0.6 is 15.9 Å². The van der Waals surface area contributed by atoms with Crippen molar-refractivity contribution >= 4 is 27.5 Å². The molecule has 0 saturated heterocycles. The molecular weight excluding hydrogens is 342 g/mol. The normalized spacial score (nSPS) is 11.8. The summed E-state index contributed by atoms with van der Waals surface area (Å²) in [5, 5.41) is 2.88. The molecule has 0 saturated carbocycles. The van der Waals surface area contributed by atoms with Gasteiger partial charge in [0.25, 0.3) is 5.91 Å². The molecule has 1 amide bonds. The minimum Gasteiger partial charge on any atom is -0.481 e. The maximum atomic E-state index is 12.2. The number of nitrogens with one attached hydrogen (secondary N) is 1. The van der Waals surface area contributed by atoms with E-state index in [9.17, 15) is 4.79 Å².